The summed E-state index contributed by atoms with van der Waals surface area (Å²) < 4.78 is 16.7. The van der Waals surface area contributed by atoms with Crippen LogP contribution in [0.15, 0.2) is 0 Å². The molecule has 4 nitrogen and oxygen atoms in total. The van der Waals surface area contributed by atoms with Crippen LogP contribution in [0.1, 0.15) is 33.6 Å². The molecule has 0 bridgehead atoms. The van der Waals surface area contributed by atoms with Crippen molar-refractivity contribution in [2.75, 3.05) is 33.0 Å². The van der Waals surface area contributed by atoms with Crippen molar-refractivity contribution in [3.05, 3.63) is 0 Å². The summed E-state index contributed by atoms with van der Waals surface area (Å²) in [5, 5.41) is 9.43. The minimum atomic E-state index is -0.540. The molecule has 0 saturated carbocycles. The zero-order valence-electron chi connectivity index (χ0n) is 10.6. The molecule has 0 aromatic rings. The van der Waals surface area contributed by atoms with Gasteiger partial charge in [-0.1, -0.05) is 13.3 Å². The molecule has 0 aromatic heterocycles. The second-order valence-electron chi connectivity index (χ2n) is 5.04. The molecule has 1 fully saturated rings. The molecule has 1 heterocycles. The van der Waals surface area contributed by atoms with Gasteiger partial charge in [0, 0.05) is 6.61 Å². The Bertz CT molecular complexity index is 193. The predicted molar refractivity (Wildman–Crippen MR) is 61.2 cm³/mol. The van der Waals surface area contributed by atoms with Crippen LogP contribution in [-0.4, -0.2) is 43.9 Å². The van der Waals surface area contributed by atoms with Gasteiger partial charge in [-0.05, 0) is 20.3 Å². The molecule has 1 aliphatic rings. The number of aliphatic hydroxyl groups excluding tert-OH is 1. The molecule has 0 radical (unpaired) electrons. The Morgan fingerprint density at radius 2 is 1.88 bits per heavy atom. The molecule has 1 saturated heterocycles. The van der Waals surface area contributed by atoms with Crippen molar-refractivity contribution in [1.82, 2.24) is 0 Å². The van der Waals surface area contributed by atoms with Crippen LogP contribution in [0.3, 0.4) is 0 Å². The van der Waals surface area contributed by atoms with Gasteiger partial charge in [0.15, 0.2) is 5.79 Å². The number of hydrogen-bond donors (Lipinski definition) is 1. The lowest BCUT2D eigenvalue weighted by Gasteiger charge is -2.42. The first kappa shape index (κ1) is 13.9. The molecule has 0 spiro atoms. The number of hydrogen-bond acceptors (Lipinski definition) is 4. The Hall–Kier alpha value is -0.160. The normalized spacial score (nSPS) is 23.2. The molecule has 1 rings (SSSR count). The summed E-state index contributed by atoms with van der Waals surface area (Å²) in [6.45, 7) is 8.14. The molecular weight excluding hydrogens is 208 g/mol. The highest BCUT2D eigenvalue weighted by atomic mass is 16.7. The predicted octanol–water partition coefficient (Wildman–Crippen LogP) is 1.56. The number of unbranched alkanes of at least 4 members (excludes halogenated alkanes) is 1. The van der Waals surface area contributed by atoms with Gasteiger partial charge in [0.1, 0.15) is 0 Å². The van der Waals surface area contributed by atoms with Gasteiger partial charge in [-0.15, -0.1) is 0 Å². The Morgan fingerprint density at radius 1 is 1.25 bits per heavy atom. The summed E-state index contributed by atoms with van der Waals surface area (Å²) in [7, 11) is 0. The molecule has 4 heteroatoms. The van der Waals surface area contributed by atoms with Gasteiger partial charge in [-0.3, -0.25) is 0 Å². The van der Waals surface area contributed by atoms with Crippen LogP contribution in [0.25, 0.3) is 0 Å². The van der Waals surface area contributed by atoms with Gasteiger partial charge >= 0.3 is 0 Å². The highest BCUT2D eigenvalue weighted by Gasteiger charge is 2.40. The largest absolute Gasteiger partial charge is 0.396 e. The summed E-state index contributed by atoms with van der Waals surface area (Å²) in [5.41, 5.74) is -0.386. The molecular formula is C12H24O4. The van der Waals surface area contributed by atoms with E-state index in [9.17, 15) is 5.11 Å². The summed E-state index contributed by atoms with van der Waals surface area (Å²) in [5.74, 6) is -0.540. The van der Waals surface area contributed by atoms with Crippen LogP contribution >= 0.6 is 0 Å². The number of rotatable bonds is 6. The first-order chi connectivity index (χ1) is 7.54. The van der Waals surface area contributed by atoms with Gasteiger partial charge in [0.25, 0.3) is 0 Å². The van der Waals surface area contributed by atoms with E-state index in [1.807, 2.05) is 13.8 Å². The topological polar surface area (TPSA) is 47.9 Å². The van der Waals surface area contributed by atoms with Crippen LogP contribution < -0.4 is 0 Å². The van der Waals surface area contributed by atoms with Crippen LogP contribution in [0.4, 0.5) is 0 Å². The molecule has 0 aromatic carbocycles. The fourth-order valence-corrected chi connectivity index (χ4v) is 1.49. The zero-order valence-corrected chi connectivity index (χ0v) is 10.6. The van der Waals surface area contributed by atoms with Crippen molar-refractivity contribution in [1.29, 1.82) is 0 Å². The second kappa shape index (κ2) is 5.96. The van der Waals surface area contributed by atoms with Crippen molar-refractivity contribution < 1.29 is 19.3 Å². The lowest BCUT2D eigenvalue weighted by Crippen LogP contribution is -2.50. The lowest BCUT2D eigenvalue weighted by atomic mass is 9.91. The van der Waals surface area contributed by atoms with Crippen LogP contribution in [0.2, 0.25) is 0 Å². The minimum Gasteiger partial charge on any atom is -0.396 e. The molecule has 0 amide bonds. The maximum atomic E-state index is 9.43. The van der Waals surface area contributed by atoms with Crippen molar-refractivity contribution in [3.8, 4) is 0 Å². The maximum absolute atomic E-state index is 9.43. The van der Waals surface area contributed by atoms with Crippen molar-refractivity contribution >= 4 is 0 Å². The van der Waals surface area contributed by atoms with Crippen LogP contribution in [-0.2, 0) is 14.2 Å². The zero-order chi connectivity index (χ0) is 12.1. The highest BCUT2D eigenvalue weighted by molar-refractivity contribution is 4.82. The minimum absolute atomic E-state index is 0.0369. The van der Waals surface area contributed by atoms with E-state index in [1.165, 1.54) is 0 Å². The fourth-order valence-electron chi connectivity index (χ4n) is 1.49. The summed E-state index contributed by atoms with van der Waals surface area (Å²) >= 11 is 0. The third-order valence-electron chi connectivity index (χ3n) is 2.84. The van der Waals surface area contributed by atoms with Gasteiger partial charge in [-0.25, -0.2) is 0 Å². The molecule has 16 heavy (non-hydrogen) atoms. The lowest BCUT2D eigenvalue weighted by molar-refractivity contribution is -0.296. The Morgan fingerprint density at radius 3 is 2.38 bits per heavy atom. The average molecular weight is 232 g/mol. The molecule has 0 aliphatic carbocycles. The number of ether oxygens (including phenoxy) is 3. The molecule has 0 unspecified atom stereocenters. The SMILES string of the molecule is CCCCOCC1(CO)COC(C)(C)OC1. The standard InChI is InChI=1S/C12H24O4/c1-4-5-6-14-8-12(7-13)9-15-11(2,3)16-10-12/h13H,4-10H2,1-3H3. The van der Waals surface area contributed by atoms with Gasteiger partial charge in [-0.2, -0.15) is 0 Å². The van der Waals surface area contributed by atoms with E-state index < -0.39 is 5.79 Å². The monoisotopic (exact) mass is 232 g/mol. The second-order valence-corrected chi connectivity index (χ2v) is 5.04. The smallest absolute Gasteiger partial charge is 0.162 e. The maximum Gasteiger partial charge on any atom is 0.162 e. The van der Waals surface area contributed by atoms with Crippen molar-refractivity contribution in [2.45, 2.75) is 39.4 Å². The van der Waals surface area contributed by atoms with Gasteiger partial charge < -0.3 is 19.3 Å². The van der Waals surface area contributed by atoms with E-state index in [4.69, 9.17) is 14.2 Å². The van der Waals surface area contributed by atoms with E-state index in [-0.39, 0.29) is 12.0 Å². The summed E-state index contributed by atoms with van der Waals surface area (Å²) in [6.07, 6.45) is 2.17. The van der Waals surface area contributed by atoms with Crippen molar-refractivity contribution in [2.24, 2.45) is 5.41 Å². The quantitative estimate of drug-likeness (QED) is 0.706. The van der Waals surface area contributed by atoms with Crippen LogP contribution in [0.5, 0.6) is 0 Å². The Labute approximate surface area is 97.9 Å². The van der Waals surface area contributed by atoms with Crippen molar-refractivity contribution in [3.63, 3.8) is 0 Å². The highest BCUT2D eigenvalue weighted by Crippen LogP contribution is 2.29. The third-order valence-corrected chi connectivity index (χ3v) is 2.84. The molecule has 1 aliphatic heterocycles. The van der Waals surface area contributed by atoms with Gasteiger partial charge in [0.2, 0.25) is 0 Å². The molecule has 1 N–H and O–H groups in total. The van der Waals surface area contributed by atoms with Crippen LogP contribution in [0, 0.1) is 5.41 Å². The summed E-state index contributed by atoms with van der Waals surface area (Å²) in [4.78, 5) is 0. The molecule has 0 atom stereocenters. The van der Waals surface area contributed by atoms with E-state index in [1.54, 1.807) is 0 Å². The van der Waals surface area contributed by atoms with E-state index in [2.05, 4.69) is 6.92 Å². The van der Waals surface area contributed by atoms with E-state index >= 15 is 0 Å². The van der Waals surface area contributed by atoms with E-state index in [0.29, 0.717) is 19.8 Å². The van der Waals surface area contributed by atoms with Gasteiger partial charge in [0.05, 0.1) is 31.8 Å². The first-order valence-corrected chi connectivity index (χ1v) is 6.00. The third kappa shape index (κ3) is 4.01. The average Bonchev–Trinajstić information content (AvgIpc) is 2.27. The van der Waals surface area contributed by atoms with E-state index in [0.717, 1.165) is 19.4 Å². The molecule has 96 valence electrons. The number of aliphatic hydroxyl groups is 1. The first-order valence-electron chi connectivity index (χ1n) is 6.00. The fraction of sp³-hybridized carbons (Fsp3) is 1.00. The Kier molecular flexibility index (Phi) is 5.18. The Balaban J connectivity index is 2.34. The summed E-state index contributed by atoms with van der Waals surface area (Å²) in [6, 6.07) is 0.